The number of furan rings is 1. The van der Waals surface area contributed by atoms with Gasteiger partial charge in [-0.2, -0.15) is 0 Å². The largest absolute Gasteiger partial charge is 0.456 e. The minimum atomic E-state index is 0.814. The van der Waals surface area contributed by atoms with Crippen molar-refractivity contribution in [2.24, 2.45) is 0 Å². The molecule has 0 bridgehead atoms. The average Bonchev–Trinajstić information content (AvgIpc) is 3.58. The van der Waals surface area contributed by atoms with Crippen LogP contribution in [0.4, 0.5) is 17.2 Å². The predicted molar refractivity (Wildman–Crippen MR) is 210 cm³/mol. The highest BCUT2D eigenvalue weighted by molar-refractivity contribution is 6.23. The zero-order valence-corrected chi connectivity index (χ0v) is 27.1. The Morgan fingerprint density at radius 1 is 0.400 bits per heavy atom. The number of aromatic nitrogens is 1. The van der Waals surface area contributed by atoms with Gasteiger partial charge in [0.2, 0.25) is 0 Å². The molecule has 0 atom stereocenters. The molecule has 10 rings (SSSR count). The molecule has 234 valence electrons. The van der Waals surface area contributed by atoms with Crippen molar-refractivity contribution in [3.63, 3.8) is 0 Å². The van der Waals surface area contributed by atoms with E-state index >= 15 is 0 Å². The summed E-state index contributed by atoms with van der Waals surface area (Å²) in [6, 6.07) is 62.5. The van der Waals surface area contributed by atoms with Crippen LogP contribution in [0, 0.1) is 0 Å². The third kappa shape index (κ3) is 4.56. The fraction of sp³-hybridized carbons (Fsp3) is 0. The van der Waals surface area contributed by atoms with Gasteiger partial charge < -0.3 is 4.42 Å². The van der Waals surface area contributed by atoms with Gasteiger partial charge in [-0.25, -0.2) is 4.98 Å². The number of hydrogen-bond acceptors (Lipinski definition) is 3. The third-order valence-corrected chi connectivity index (χ3v) is 9.90. The summed E-state index contributed by atoms with van der Waals surface area (Å²) < 4.78 is 6.31. The Kier molecular flexibility index (Phi) is 6.49. The number of anilines is 3. The van der Waals surface area contributed by atoms with Gasteiger partial charge in [0, 0.05) is 23.0 Å². The highest BCUT2D eigenvalue weighted by Gasteiger charge is 2.21. The lowest BCUT2D eigenvalue weighted by Crippen LogP contribution is -2.11. The van der Waals surface area contributed by atoms with E-state index in [0.717, 1.165) is 39.1 Å². The molecule has 2 heterocycles. The van der Waals surface area contributed by atoms with Gasteiger partial charge in [-0.3, -0.25) is 4.90 Å². The second-order valence-electron chi connectivity index (χ2n) is 12.8. The van der Waals surface area contributed by atoms with Crippen molar-refractivity contribution < 1.29 is 4.42 Å². The summed E-state index contributed by atoms with van der Waals surface area (Å²) in [5.41, 5.74) is 8.44. The summed E-state index contributed by atoms with van der Waals surface area (Å²) in [5, 5.41) is 9.63. The molecule has 3 heteroatoms. The molecule has 0 aliphatic carbocycles. The van der Waals surface area contributed by atoms with Crippen molar-refractivity contribution in [1.29, 1.82) is 0 Å². The molecule has 0 N–H and O–H groups in total. The normalized spacial score (nSPS) is 11.6. The number of hydrogen-bond donors (Lipinski definition) is 0. The van der Waals surface area contributed by atoms with Crippen LogP contribution in [-0.4, -0.2) is 4.98 Å². The fourth-order valence-electron chi connectivity index (χ4n) is 7.56. The first-order valence-electron chi connectivity index (χ1n) is 17.0. The van der Waals surface area contributed by atoms with Crippen molar-refractivity contribution in [3.05, 3.63) is 182 Å². The summed E-state index contributed by atoms with van der Waals surface area (Å²) in [4.78, 5) is 7.25. The van der Waals surface area contributed by atoms with E-state index in [-0.39, 0.29) is 0 Å². The molecule has 2 aromatic heterocycles. The van der Waals surface area contributed by atoms with Crippen LogP contribution >= 0.6 is 0 Å². The minimum absolute atomic E-state index is 0.814. The van der Waals surface area contributed by atoms with Crippen molar-refractivity contribution in [1.82, 2.24) is 4.98 Å². The summed E-state index contributed by atoms with van der Waals surface area (Å²) in [5.74, 6) is 0.829. The maximum absolute atomic E-state index is 6.31. The molecule has 0 aliphatic heterocycles. The molecule has 8 aromatic carbocycles. The van der Waals surface area contributed by atoms with Crippen molar-refractivity contribution >= 4 is 71.4 Å². The van der Waals surface area contributed by atoms with E-state index in [4.69, 9.17) is 9.40 Å². The first-order valence-corrected chi connectivity index (χ1v) is 17.0. The van der Waals surface area contributed by atoms with Crippen LogP contribution < -0.4 is 4.90 Å². The van der Waals surface area contributed by atoms with Gasteiger partial charge in [-0.1, -0.05) is 133 Å². The topological polar surface area (TPSA) is 29.3 Å². The summed E-state index contributed by atoms with van der Waals surface area (Å²) >= 11 is 0. The smallest absolute Gasteiger partial charge is 0.149 e. The van der Waals surface area contributed by atoms with E-state index in [1.165, 1.54) is 54.6 Å². The van der Waals surface area contributed by atoms with E-state index in [1.54, 1.807) is 0 Å². The van der Waals surface area contributed by atoms with Crippen LogP contribution in [0.15, 0.2) is 187 Å². The van der Waals surface area contributed by atoms with E-state index in [0.29, 0.717) is 0 Å². The van der Waals surface area contributed by atoms with Gasteiger partial charge in [0.05, 0.1) is 5.39 Å². The monoisotopic (exact) mass is 638 g/mol. The number of fused-ring (bicyclic) bond motifs is 8. The Bertz CT molecular complexity index is 2850. The van der Waals surface area contributed by atoms with Crippen LogP contribution in [0.1, 0.15) is 0 Å². The molecule has 3 nitrogen and oxygen atoms in total. The van der Waals surface area contributed by atoms with Crippen molar-refractivity contribution in [3.8, 4) is 22.3 Å². The molecule has 0 fully saturated rings. The first-order chi connectivity index (χ1) is 24.8. The number of nitrogens with zero attached hydrogens (tertiary/aromatic N) is 2. The maximum atomic E-state index is 6.31. The highest BCUT2D eigenvalue weighted by atomic mass is 16.3. The van der Waals surface area contributed by atoms with Gasteiger partial charge in [0.1, 0.15) is 17.0 Å². The zero-order chi connectivity index (χ0) is 33.0. The molecule has 0 aliphatic rings. The molecule has 10 aromatic rings. The molecule has 0 amide bonds. The molecule has 0 unspecified atom stereocenters. The molecular weight excluding hydrogens is 609 g/mol. The van der Waals surface area contributed by atoms with Crippen LogP contribution in [0.5, 0.6) is 0 Å². The van der Waals surface area contributed by atoms with Crippen LogP contribution in [0.25, 0.3) is 76.5 Å². The number of para-hydroxylation sites is 1. The van der Waals surface area contributed by atoms with E-state index in [9.17, 15) is 0 Å². The lowest BCUT2D eigenvalue weighted by Gasteiger charge is -2.25. The third-order valence-electron chi connectivity index (χ3n) is 9.90. The van der Waals surface area contributed by atoms with Gasteiger partial charge in [-0.05, 0) is 97.0 Å². The van der Waals surface area contributed by atoms with Crippen LogP contribution in [0.2, 0.25) is 0 Å². The van der Waals surface area contributed by atoms with Gasteiger partial charge in [-0.15, -0.1) is 0 Å². The number of benzene rings is 8. The Labute approximate surface area is 289 Å². The second-order valence-corrected chi connectivity index (χ2v) is 12.8. The Morgan fingerprint density at radius 3 is 1.78 bits per heavy atom. The van der Waals surface area contributed by atoms with Gasteiger partial charge >= 0.3 is 0 Å². The lowest BCUT2D eigenvalue weighted by molar-refractivity contribution is 0.668. The summed E-state index contributed by atoms with van der Waals surface area (Å²) in [6.45, 7) is 0. The number of rotatable bonds is 5. The van der Waals surface area contributed by atoms with Crippen LogP contribution in [0.3, 0.4) is 0 Å². The van der Waals surface area contributed by atoms with Crippen LogP contribution in [-0.2, 0) is 0 Å². The van der Waals surface area contributed by atoms with E-state index in [1.807, 2.05) is 30.5 Å². The molecule has 50 heavy (non-hydrogen) atoms. The highest BCUT2D eigenvalue weighted by Crippen LogP contribution is 2.43. The molecule has 0 saturated carbocycles. The predicted octanol–water partition coefficient (Wildman–Crippen LogP) is 13.2. The zero-order valence-electron chi connectivity index (χ0n) is 27.1. The first kappa shape index (κ1) is 28.3. The van der Waals surface area contributed by atoms with Crippen molar-refractivity contribution in [2.75, 3.05) is 4.90 Å². The maximum Gasteiger partial charge on any atom is 0.149 e. The fourth-order valence-corrected chi connectivity index (χ4v) is 7.56. The second kappa shape index (κ2) is 11.5. The Balaban J connectivity index is 1.15. The molecular formula is C47H30N2O. The summed E-state index contributed by atoms with van der Waals surface area (Å²) in [6.07, 6.45) is 1.84. The molecule has 0 spiro atoms. The Hall–Kier alpha value is -6.71. The lowest BCUT2D eigenvalue weighted by atomic mass is 9.91. The SMILES string of the molecule is c1ccc(-c2ccc(N(c3ccc(-c4cc5ccc6ccccc6c5c5ccccc45)cc3)c3nccc4oc5ccccc5c34)cc2)cc1. The molecule has 0 saturated heterocycles. The molecule has 0 radical (unpaired) electrons. The average molecular weight is 639 g/mol. The quantitative estimate of drug-likeness (QED) is 0.176. The summed E-state index contributed by atoms with van der Waals surface area (Å²) in [7, 11) is 0. The minimum Gasteiger partial charge on any atom is -0.456 e. The van der Waals surface area contributed by atoms with Gasteiger partial charge in [0.25, 0.3) is 0 Å². The number of pyridine rings is 1. The standard InChI is InChI=1S/C47H30N2O/c1-2-10-31(11-3-1)32-20-24-36(25-21-32)49(47-46-41-16-8-9-17-43(41)50-44(46)28-29-48-47)37-26-22-34(23-27-37)42-30-35-19-18-33-12-4-5-13-38(33)45(35)40-15-7-6-14-39(40)42/h1-30H. The van der Waals surface area contributed by atoms with Crippen molar-refractivity contribution in [2.45, 2.75) is 0 Å². The Morgan fingerprint density at radius 2 is 1.00 bits per heavy atom. The van der Waals surface area contributed by atoms with E-state index in [2.05, 4.69) is 157 Å². The van der Waals surface area contributed by atoms with Gasteiger partial charge in [0.15, 0.2) is 0 Å². The van der Waals surface area contributed by atoms with E-state index < -0.39 is 0 Å².